The predicted molar refractivity (Wildman–Crippen MR) is 81.0 cm³/mol. The normalized spacial score (nSPS) is 10.8. The predicted octanol–water partition coefficient (Wildman–Crippen LogP) is 4.39. The Kier molecular flexibility index (Phi) is 4.31. The summed E-state index contributed by atoms with van der Waals surface area (Å²) in [5.74, 6) is -0.873. The zero-order valence-electron chi connectivity index (χ0n) is 12.2. The second-order valence-electron chi connectivity index (χ2n) is 5.14. The van der Waals surface area contributed by atoms with Crippen molar-refractivity contribution in [2.24, 2.45) is 0 Å². The molecule has 0 unspecified atom stereocenters. The lowest BCUT2D eigenvalue weighted by molar-refractivity contribution is 0.231. The Balaban J connectivity index is 2.37. The van der Waals surface area contributed by atoms with Gasteiger partial charge < -0.3 is 15.8 Å². The van der Waals surface area contributed by atoms with Gasteiger partial charge in [-0.15, -0.1) is 0 Å². The molecule has 3 N–H and O–H groups in total. The molecule has 0 fully saturated rings. The summed E-state index contributed by atoms with van der Waals surface area (Å²) in [7, 11) is 0. The third-order valence-electron chi connectivity index (χ3n) is 2.86. The SMILES string of the molecule is Cc1ccc(F)c(Nc2cc(OC(C)C)c(F)cc2N)c1. The van der Waals surface area contributed by atoms with Gasteiger partial charge in [0.25, 0.3) is 0 Å². The number of aryl methyl sites for hydroxylation is 1. The number of hydrogen-bond donors (Lipinski definition) is 2. The molecule has 0 aliphatic carbocycles. The van der Waals surface area contributed by atoms with Gasteiger partial charge in [0.1, 0.15) is 5.82 Å². The molecule has 0 spiro atoms. The van der Waals surface area contributed by atoms with Gasteiger partial charge in [0.15, 0.2) is 11.6 Å². The summed E-state index contributed by atoms with van der Waals surface area (Å²) in [6.07, 6.45) is -0.174. The van der Waals surface area contributed by atoms with E-state index in [1.165, 1.54) is 12.1 Å². The van der Waals surface area contributed by atoms with Crippen LogP contribution in [0.2, 0.25) is 0 Å². The van der Waals surface area contributed by atoms with Crippen molar-refractivity contribution in [1.29, 1.82) is 0 Å². The highest BCUT2D eigenvalue weighted by Gasteiger charge is 2.12. The van der Waals surface area contributed by atoms with E-state index < -0.39 is 11.6 Å². The summed E-state index contributed by atoms with van der Waals surface area (Å²) >= 11 is 0. The Morgan fingerprint density at radius 3 is 2.43 bits per heavy atom. The molecular formula is C16H18F2N2O. The van der Waals surface area contributed by atoms with Crippen molar-refractivity contribution in [3.8, 4) is 5.75 Å². The molecule has 0 amide bonds. The zero-order chi connectivity index (χ0) is 15.6. The molecule has 0 aliphatic heterocycles. The number of nitrogens with one attached hydrogen (secondary N) is 1. The Morgan fingerprint density at radius 2 is 1.76 bits per heavy atom. The number of rotatable bonds is 4. The van der Waals surface area contributed by atoms with E-state index in [0.29, 0.717) is 5.69 Å². The van der Waals surface area contributed by atoms with Crippen molar-refractivity contribution in [3.63, 3.8) is 0 Å². The molecule has 2 aromatic rings. The molecule has 0 heterocycles. The van der Waals surface area contributed by atoms with Crippen molar-refractivity contribution >= 4 is 17.1 Å². The van der Waals surface area contributed by atoms with E-state index in [1.54, 1.807) is 26.0 Å². The highest BCUT2D eigenvalue weighted by Crippen LogP contribution is 2.32. The zero-order valence-corrected chi connectivity index (χ0v) is 12.2. The minimum absolute atomic E-state index is 0.0785. The second kappa shape index (κ2) is 5.99. The Bertz CT molecular complexity index is 657. The standard InChI is InChI=1S/C16H18F2N2O/c1-9(2)21-16-8-15(13(19)7-12(16)18)20-14-6-10(3)4-5-11(14)17/h4-9,20H,19H2,1-3H3. The first-order valence-corrected chi connectivity index (χ1v) is 6.65. The molecule has 0 radical (unpaired) electrons. The monoisotopic (exact) mass is 292 g/mol. The van der Waals surface area contributed by atoms with Crippen molar-refractivity contribution in [2.75, 3.05) is 11.1 Å². The Hall–Kier alpha value is -2.30. The summed E-state index contributed by atoms with van der Waals surface area (Å²) < 4.78 is 32.9. The minimum Gasteiger partial charge on any atom is -0.488 e. The minimum atomic E-state index is -0.545. The van der Waals surface area contributed by atoms with Crippen LogP contribution in [0.5, 0.6) is 5.75 Å². The van der Waals surface area contributed by atoms with Gasteiger partial charge in [0, 0.05) is 12.1 Å². The maximum Gasteiger partial charge on any atom is 0.167 e. The van der Waals surface area contributed by atoms with Crippen LogP contribution < -0.4 is 15.8 Å². The topological polar surface area (TPSA) is 47.3 Å². The van der Waals surface area contributed by atoms with Crippen molar-refractivity contribution < 1.29 is 13.5 Å². The van der Waals surface area contributed by atoms with Gasteiger partial charge in [-0.3, -0.25) is 0 Å². The Labute approximate surface area is 122 Å². The van der Waals surface area contributed by atoms with Crippen LogP contribution in [0.1, 0.15) is 19.4 Å². The average molecular weight is 292 g/mol. The van der Waals surface area contributed by atoms with Crippen LogP contribution in [0.4, 0.5) is 25.8 Å². The maximum absolute atomic E-state index is 13.8. The number of anilines is 3. The molecule has 5 heteroatoms. The van der Waals surface area contributed by atoms with Gasteiger partial charge in [0.05, 0.1) is 23.2 Å². The van der Waals surface area contributed by atoms with Crippen molar-refractivity contribution in [3.05, 3.63) is 47.5 Å². The molecular weight excluding hydrogens is 274 g/mol. The third kappa shape index (κ3) is 3.62. The molecule has 0 saturated carbocycles. The molecule has 0 aliphatic rings. The van der Waals surface area contributed by atoms with E-state index >= 15 is 0 Å². The fraction of sp³-hybridized carbons (Fsp3) is 0.250. The number of halogens is 2. The summed E-state index contributed by atoms with van der Waals surface area (Å²) in [4.78, 5) is 0. The fourth-order valence-electron chi connectivity index (χ4n) is 1.90. The van der Waals surface area contributed by atoms with Gasteiger partial charge in [0.2, 0.25) is 0 Å². The maximum atomic E-state index is 13.8. The summed E-state index contributed by atoms with van der Waals surface area (Å²) in [6, 6.07) is 7.28. The molecule has 0 aromatic heterocycles. The number of hydrogen-bond acceptors (Lipinski definition) is 3. The van der Waals surface area contributed by atoms with Gasteiger partial charge in [-0.2, -0.15) is 0 Å². The van der Waals surface area contributed by atoms with E-state index in [-0.39, 0.29) is 23.2 Å². The molecule has 0 bridgehead atoms. The summed E-state index contributed by atoms with van der Waals surface area (Å²) in [6.45, 7) is 5.44. The summed E-state index contributed by atoms with van der Waals surface area (Å²) in [5.41, 5.74) is 7.54. The van der Waals surface area contributed by atoms with E-state index in [2.05, 4.69) is 5.32 Å². The molecule has 21 heavy (non-hydrogen) atoms. The smallest absolute Gasteiger partial charge is 0.167 e. The van der Waals surface area contributed by atoms with Crippen LogP contribution >= 0.6 is 0 Å². The van der Waals surface area contributed by atoms with Crippen LogP contribution in [0.25, 0.3) is 0 Å². The van der Waals surface area contributed by atoms with Crippen LogP contribution in [-0.2, 0) is 0 Å². The molecule has 3 nitrogen and oxygen atoms in total. The molecule has 2 aromatic carbocycles. The van der Waals surface area contributed by atoms with Crippen molar-refractivity contribution in [2.45, 2.75) is 26.9 Å². The largest absolute Gasteiger partial charge is 0.488 e. The lowest BCUT2D eigenvalue weighted by Crippen LogP contribution is -2.08. The Morgan fingerprint density at radius 1 is 1.05 bits per heavy atom. The van der Waals surface area contributed by atoms with Crippen LogP contribution in [0, 0.1) is 18.6 Å². The number of nitrogen functional groups attached to an aromatic ring is 1. The number of nitrogens with two attached hydrogens (primary N) is 1. The van der Waals surface area contributed by atoms with Gasteiger partial charge in [-0.1, -0.05) is 6.07 Å². The summed E-state index contributed by atoms with van der Waals surface area (Å²) in [5, 5.41) is 2.88. The van der Waals surface area contributed by atoms with Gasteiger partial charge in [-0.05, 0) is 38.5 Å². The van der Waals surface area contributed by atoms with E-state index in [9.17, 15) is 8.78 Å². The molecule has 112 valence electrons. The third-order valence-corrected chi connectivity index (χ3v) is 2.86. The second-order valence-corrected chi connectivity index (χ2v) is 5.14. The lowest BCUT2D eigenvalue weighted by Gasteiger charge is -2.15. The highest BCUT2D eigenvalue weighted by atomic mass is 19.1. The number of benzene rings is 2. The molecule has 2 rings (SSSR count). The van der Waals surface area contributed by atoms with Gasteiger partial charge in [-0.25, -0.2) is 8.78 Å². The first-order chi connectivity index (χ1) is 9.86. The fourth-order valence-corrected chi connectivity index (χ4v) is 1.90. The lowest BCUT2D eigenvalue weighted by atomic mass is 10.2. The quantitative estimate of drug-likeness (QED) is 0.822. The molecule has 0 saturated heterocycles. The van der Waals surface area contributed by atoms with Crippen molar-refractivity contribution in [1.82, 2.24) is 0 Å². The first kappa shape index (κ1) is 15.1. The number of ether oxygens (including phenoxy) is 1. The first-order valence-electron chi connectivity index (χ1n) is 6.65. The van der Waals surface area contributed by atoms with Crippen LogP contribution in [0.15, 0.2) is 30.3 Å². The van der Waals surface area contributed by atoms with E-state index in [1.807, 2.05) is 6.92 Å². The van der Waals surface area contributed by atoms with E-state index in [0.717, 1.165) is 11.6 Å². The average Bonchev–Trinajstić information content (AvgIpc) is 2.39. The van der Waals surface area contributed by atoms with E-state index in [4.69, 9.17) is 10.5 Å². The van der Waals surface area contributed by atoms with Crippen LogP contribution in [0.3, 0.4) is 0 Å². The highest BCUT2D eigenvalue weighted by molar-refractivity contribution is 5.74. The molecule has 0 atom stereocenters. The van der Waals surface area contributed by atoms with Gasteiger partial charge >= 0.3 is 0 Å². The van der Waals surface area contributed by atoms with Crippen LogP contribution in [-0.4, -0.2) is 6.10 Å².